The third-order valence-electron chi connectivity index (χ3n) is 4.42. The molecule has 0 aliphatic heterocycles. The Kier molecular flexibility index (Phi) is 6.72. The van der Waals surface area contributed by atoms with E-state index in [4.69, 9.17) is 14.2 Å². The van der Waals surface area contributed by atoms with Gasteiger partial charge in [0.2, 0.25) is 11.7 Å². The van der Waals surface area contributed by atoms with Crippen LogP contribution in [-0.4, -0.2) is 27.2 Å². The topological polar surface area (TPSA) is 48.0 Å². The van der Waals surface area contributed by atoms with E-state index in [1.165, 1.54) is 44.8 Å². The van der Waals surface area contributed by atoms with E-state index in [0.29, 0.717) is 22.9 Å². The number of ether oxygens (including phenoxy) is 3. The predicted molar refractivity (Wildman–Crippen MR) is 112 cm³/mol. The highest BCUT2D eigenvalue weighted by Crippen LogP contribution is 2.41. The summed E-state index contributed by atoms with van der Waals surface area (Å²) in [5.74, 6) is 0.944. The molecule has 1 amide bonds. The number of carbonyl (C=O) groups is 1. The average Bonchev–Trinajstić information content (AvgIpc) is 3.25. The van der Waals surface area contributed by atoms with Gasteiger partial charge in [0.1, 0.15) is 5.82 Å². The molecule has 29 heavy (non-hydrogen) atoms. The van der Waals surface area contributed by atoms with Gasteiger partial charge in [-0.15, -0.1) is 11.3 Å². The molecule has 0 bridgehead atoms. The standard InChI is InChI=1S/C22H22FNO4S/c1-26-19-11-17(12-20(27-2)22(19)28-3)24(14-15-6-8-16(23)9-7-15)21(25)13-18-5-4-10-29-18/h4-12H,13-14H2,1-3H3. The largest absolute Gasteiger partial charge is 0.493 e. The minimum atomic E-state index is -0.321. The number of hydrogen-bond donors (Lipinski definition) is 0. The van der Waals surface area contributed by atoms with Gasteiger partial charge in [0, 0.05) is 17.0 Å². The van der Waals surface area contributed by atoms with Crippen LogP contribution in [0.1, 0.15) is 10.4 Å². The molecule has 0 unspecified atom stereocenters. The van der Waals surface area contributed by atoms with Crippen LogP contribution in [0.4, 0.5) is 10.1 Å². The Hall–Kier alpha value is -3.06. The van der Waals surface area contributed by atoms with E-state index < -0.39 is 0 Å². The molecule has 1 heterocycles. The van der Waals surface area contributed by atoms with Crippen LogP contribution in [0.3, 0.4) is 0 Å². The molecule has 2 aromatic carbocycles. The molecule has 7 heteroatoms. The quantitative estimate of drug-likeness (QED) is 0.536. The van der Waals surface area contributed by atoms with Crippen LogP contribution in [0.15, 0.2) is 53.9 Å². The Morgan fingerprint density at radius 3 is 2.17 bits per heavy atom. The van der Waals surface area contributed by atoms with Gasteiger partial charge in [0.25, 0.3) is 0 Å². The molecule has 0 aliphatic carbocycles. The van der Waals surface area contributed by atoms with E-state index in [2.05, 4.69) is 0 Å². The van der Waals surface area contributed by atoms with Crippen LogP contribution in [0.25, 0.3) is 0 Å². The Morgan fingerprint density at radius 2 is 1.66 bits per heavy atom. The summed E-state index contributed by atoms with van der Waals surface area (Å²) in [4.78, 5) is 15.8. The van der Waals surface area contributed by atoms with E-state index in [1.807, 2.05) is 17.5 Å². The second-order valence-electron chi connectivity index (χ2n) is 6.25. The molecule has 0 spiro atoms. The number of carbonyl (C=O) groups excluding carboxylic acids is 1. The molecule has 0 saturated heterocycles. The van der Waals surface area contributed by atoms with Gasteiger partial charge in [-0.2, -0.15) is 0 Å². The number of methoxy groups -OCH3 is 3. The van der Waals surface area contributed by atoms with E-state index in [9.17, 15) is 9.18 Å². The van der Waals surface area contributed by atoms with Crippen LogP contribution >= 0.6 is 11.3 Å². The summed E-state index contributed by atoms with van der Waals surface area (Å²) >= 11 is 1.53. The van der Waals surface area contributed by atoms with Crippen LogP contribution in [-0.2, 0) is 17.8 Å². The molecule has 0 fully saturated rings. The van der Waals surface area contributed by atoms with E-state index in [-0.39, 0.29) is 24.7 Å². The van der Waals surface area contributed by atoms with Crippen molar-refractivity contribution in [2.75, 3.05) is 26.2 Å². The number of halogens is 1. The number of anilines is 1. The molecule has 3 aromatic rings. The molecule has 3 rings (SSSR count). The predicted octanol–water partition coefficient (Wildman–Crippen LogP) is 4.69. The highest BCUT2D eigenvalue weighted by atomic mass is 32.1. The minimum Gasteiger partial charge on any atom is -0.493 e. The molecule has 0 atom stereocenters. The summed E-state index contributed by atoms with van der Waals surface area (Å²) in [7, 11) is 4.58. The lowest BCUT2D eigenvalue weighted by Gasteiger charge is -2.25. The Balaban J connectivity index is 2.01. The molecule has 0 aliphatic rings. The van der Waals surface area contributed by atoms with Crippen molar-refractivity contribution < 1.29 is 23.4 Å². The van der Waals surface area contributed by atoms with Crippen molar-refractivity contribution in [2.24, 2.45) is 0 Å². The first-order valence-corrected chi connectivity index (χ1v) is 9.81. The smallest absolute Gasteiger partial charge is 0.232 e. The van der Waals surface area contributed by atoms with Crippen molar-refractivity contribution in [1.29, 1.82) is 0 Å². The lowest BCUT2D eigenvalue weighted by molar-refractivity contribution is -0.118. The number of amides is 1. The molecule has 0 saturated carbocycles. The van der Waals surface area contributed by atoms with Crippen molar-refractivity contribution in [3.8, 4) is 17.2 Å². The van der Waals surface area contributed by atoms with E-state index in [0.717, 1.165) is 10.4 Å². The highest BCUT2D eigenvalue weighted by molar-refractivity contribution is 7.10. The van der Waals surface area contributed by atoms with Gasteiger partial charge in [-0.3, -0.25) is 4.79 Å². The summed E-state index contributed by atoms with van der Waals surface area (Å²) in [6.45, 7) is 0.281. The maximum absolute atomic E-state index is 13.3. The number of benzene rings is 2. The normalized spacial score (nSPS) is 10.5. The van der Waals surface area contributed by atoms with Gasteiger partial charge >= 0.3 is 0 Å². The number of thiophene rings is 1. The number of hydrogen-bond acceptors (Lipinski definition) is 5. The fourth-order valence-corrected chi connectivity index (χ4v) is 3.67. The van der Waals surface area contributed by atoms with E-state index in [1.54, 1.807) is 29.2 Å². The monoisotopic (exact) mass is 415 g/mol. The summed E-state index contributed by atoms with van der Waals surface area (Å²) in [6, 6.07) is 13.4. The molecule has 0 radical (unpaired) electrons. The molecule has 1 aromatic heterocycles. The molecular weight excluding hydrogens is 393 g/mol. The van der Waals surface area contributed by atoms with Gasteiger partial charge in [0.05, 0.1) is 40.0 Å². The zero-order chi connectivity index (χ0) is 20.8. The first-order valence-electron chi connectivity index (χ1n) is 8.93. The zero-order valence-corrected chi connectivity index (χ0v) is 17.3. The molecule has 152 valence electrons. The number of nitrogens with zero attached hydrogens (tertiary/aromatic N) is 1. The minimum absolute atomic E-state index is 0.0916. The van der Waals surface area contributed by atoms with E-state index >= 15 is 0 Å². The Labute approximate surface area is 173 Å². The second-order valence-corrected chi connectivity index (χ2v) is 7.28. The summed E-state index contributed by atoms with van der Waals surface area (Å²) in [5, 5.41) is 1.94. The maximum atomic E-state index is 13.3. The third kappa shape index (κ3) is 4.86. The lowest BCUT2D eigenvalue weighted by Crippen LogP contribution is -2.31. The molecule has 0 N–H and O–H groups in total. The Bertz CT molecular complexity index is 932. The second kappa shape index (κ2) is 9.43. The third-order valence-corrected chi connectivity index (χ3v) is 5.30. The van der Waals surface area contributed by atoms with Crippen molar-refractivity contribution in [3.05, 3.63) is 70.2 Å². The van der Waals surface area contributed by atoms with Crippen molar-refractivity contribution >= 4 is 22.9 Å². The van der Waals surface area contributed by atoms with Gasteiger partial charge in [-0.25, -0.2) is 4.39 Å². The fraction of sp³-hybridized carbons (Fsp3) is 0.227. The first kappa shape index (κ1) is 20.7. The van der Waals surface area contributed by atoms with Crippen LogP contribution in [0.2, 0.25) is 0 Å². The van der Waals surface area contributed by atoms with Crippen LogP contribution < -0.4 is 19.1 Å². The van der Waals surface area contributed by atoms with Gasteiger partial charge in [-0.1, -0.05) is 18.2 Å². The van der Waals surface area contributed by atoms with Crippen LogP contribution in [0, 0.1) is 5.82 Å². The summed E-state index contributed by atoms with van der Waals surface area (Å²) in [6.07, 6.45) is 0.259. The summed E-state index contributed by atoms with van der Waals surface area (Å²) < 4.78 is 29.6. The van der Waals surface area contributed by atoms with Gasteiger partial charge in [-0.05, 0) is 29.1 Å². The number of rotatable bonds is 8. The Morgan fingerprint density at radius 1 is 1.00 bits per heavy atom. The first-order chi connectivity index (χ1) is 14.0. The lowest BCUT2D eigenvalue weighted by atomic mass is 10.1. The molecular formula is C22H22FNO4S. The SMILES string of the molecule is COc1cc(N(Cc2ccc(F)cc2)C(=O)Cc2cccs2)cc(OC)c1OC. The van der Waals surface area contributed by atoms with Crippen molar-refractivity contribution in [1.82, 2.24) is 0 Å². The zero-order valence-electron chi connectivity index (χ0n) is 16.5. The van der Waals surface area contributed by atoms with Crippen LogP contribution in [0.5, 0.6) is 17.2 Å². The maximum Gasteiger partial charge on any atom is 0.232 e. The van der Waals surface area contributed by atoms with Crippen molar-refractivity contribution in [3.63, 3.8) is 0 Å². The summed E-state index contributed by atoms with van der Waals surface area (Å²) in [5.41, 5.74) is 1.41. The highest BCUT2D eigenvalue weighted by Gasteiger charge is 2.22. The van der Waals surface area contributed by atoms with Crippen molar-refractivity contribution in [2.45, 2.75) is 13.0 Å². The van der Waals surface area contributed by atoms with Gasteiger partial charge in [0.15, 0.2) is 11.5 Å². The fourth-order valence-electron chi connectivity index (χ4n) is 2.98. The van der Waals surface area contributed by atoms with Gasteiger partial charge < -0.3 is 19.1 Å². The molecule has 5 nitrogen and oxygen atoms in total. The average molecular weight is 415 g/mol.